The van der Waals surface area contributed by atoms with Gasteiger partial charge in [0.15, 0.2) is 0 Å². The first-order chi connectivity index (χ1) is 10.7. The standard InChI is InChI=1S/C16H24N2O4/c1-22-18-16(21)7-5-3-2-4-6-15(20)9-13-8-14(12-19)11-17-10-13/h8,10-11,19H,2-7,9,12H2,1H3,(H,18,21). The van der Waals surface area contributed by atoms with Gasteiger partial charge in [-0.25, -0.2) is 5.48 Å². The number of Topliss-reactive ketones (excluding diaryl/α,β-unsaturated/α-hetero) is 1. The van der Waals surface area contributed by atoms with E-state index in [1.807, 2.05) is 0 Å². The molecule has 1 aromatic rings. The summed E-state index contributed by atoms with van der Waals surface area (Å²) in [4.78, 5) is 31.5. The topological polar surface area (TPSA) is 88.5 Å². The molecule has 0 aliphatic rings. The zero-order chi connectivity index (χ0) is 16.2. The summed E-state index contributed by atoms with van der Waals surface area (Å²) in [6.07, 6.45) is 8.07. The van der Waals surface area contributed by atoms with Crippen LogP contribution >= 0.6 is 0 Å². The van der Waals surface area contributed by atoms with E-state index in [0.29, 0.717) is 19.3 Å². The summed E-state index contributed by atoms with van der Waals surface area (Å²) in [5, 5.41) is 9.03. The van der Waals surface area contributed by atoms with E-state index in [1.165, 1.54) is 7.11 Å². The van der Waals surface area contributed by atoms with Crippen LogP contribution in [0.5, 0.6) is 0 Å². The normalized spacial score (nSPS) is 10.5. The Hall–Kier alpha value is -1.79. The van der Waals surface area contributed by atoms with Gasteiger partial charge in [-0.3, -0.25) is 19.4 Å². The summed E-state index contributed by atoms with van der Waals surface area (Å²) in [6.45, 7) is -0.0638. The summed E-state index contributed by atoms with van der Waals surface area (Å²) in [5.74, 6) is 0.0591. The van der Waals surface area contributed by atoms with Crippen molar-refractivity contribution < 1.29 is 19.5 Å². The molecule has 0 fully saturated rings. The van der Waals surface area contributed by atoms with Crippen LogP contribution in [0.25, 0.3) is 0 Å². The van der Waals surface area contributed by atoms with E-state index in [0.717, 1.165) is 36.8 Å². The predicted octanol–water partition coefficient (Wildman–Crippen LogP) is 1.70. The molecule has 1 amide bonds. The van der Waals surface area contributed by atoms with Crippen LogP contribution in [-0.4, -0.2) is 28.9 Å². The van der Waals surface area contributed by atoms with E-state index in [-0.39, 0.29) is 18.3 Å². The highest BCUT2D eigenvalue weighted by Gasteiger charge is 2.05. The third kappa shape index (κ3) is 7.85. The molecule has 2 N–H and O–H groups in total. The van der Waals surface area contributed by atoms with E-state index in [2.05, 4.69) is 15.3 Å². The van der Waals surface area contributed by atoms with Crippen molar-refractivity contribution in [2.75, 3.05) is 7.11 Å². The van der Waals surface area contributed by atoms with Crippen molar-refractivity contribution in [3.63, 3.8) is 0 Å². The molecule has 6 nitrogen and oxygen atoms in total. The molecule has 0 aliphatic heterocycles. The number of aliphatic hydroxyl groups excluding tert-OH is 1. The first kappa shape index (κ1) is 18.3. The monoisotopic (exact) mass is 308 g/mol. The van der Waals surface area contributed by atoms with Crippen molar-refractivity contribution in [1.29, 1.82) is 0 Å². The van der Waals surface area contributed by atoms with Crippen LogP contribution in [-0.2, 0) is 27.5 Å². The number of hydrogen-bond donors (Lipinski definition) is 2. The Bertz CT molecular complexity index is 477. The molecular formula is C16H24N2O4. The molecule has 0 aliphatic carbocycles. The number of aromatic nitrogens is 1. The fourth-order valence-electron chi connectivity index (χ4n) is 2.17. The SMILES string of the molecule is CONC(=O)CCCCCCC(=O)Cc1cncc(CO)c1. The molecule has 0 saturated heterocycles. The van der Waals surface area contributed by atoms with Crippen LogP contribution in [0.3, 0.4) is 0 Å². The Kier molecular flexibility index (Phi) is 9.02. The van der Waals surface area contributed by atoms with Gasteiger partial charge in [-0.05, 0) is 30.0 Å². The minimum absolute atomic E-state index is 0.0638. The van der Waals surface area contributed by atoms with E-state index < -0.39 is 0 Å². The number of nitrogens with zero attached hydrogens (tertiary/aromatic N) is 1. The van der Waals surface area contributed by atoms with Gasteiger partial charge in [0.25, 0.3) is 0 Å². The van der Waals surface area contributed by atoms with Crippen LogP contribution in [0.1, 0.15) is 49.7 Å². The Balaban J connectivity index is 2.12. The zero-order valence-electron chi connectivity index (χ0n) is 13.0. The largest absolute Gasteiger partial charge is 0.392 e. The van der Waals surface area contributed by atoms with E-state index in [1.54, 1.807) is 18.5 Å². The quantitative estimate of drug-likeness (QED) is 0.480. The number of hydrogen-bond acceptors (Lipinski definition) is 5. The second-order valence-electron chi connectivity index (χ2n) is 5.22. The molecule has 22 heavy (non-hydrogen) atoms. The van der Waals surface area contributed by atoms with Crippen molar-refractivity contribution in [3.8, 4) is 0 Å². The van der Waals surface area contributed by atoms with E-state index in [9.17, 15) is 9.59 Å². The summed E-state index contributed by atoms with van der Waals surface area (Å²) in [6, 6.07) is 1.80. The van der Waals surface area contributed by atoms with Crippen LogP contribution in [0, 0.1) is 0 Å². The Morgan fingerprint density at radius 2 is 1.82 bits per heavy atom. The predicted molar refractivity (Wildman–Crippen MR) is 81.7 cm³/mol. The van der Waals surface area contributed by atoms with Gasteiger partial charge in [-0.15, -0.1) is 0 Å². The smallest absolute Gasteiger partial charge is 0.243 e. The maximum Gasteiger partial charge on any atom is 0.243 e. The molecule has 0 bridgehead atoms. The molecule has 1 aromatic heterocycles. The number of aliphatic hydroxyl groups is 1. The second-order valence-corrected chi connectivity index (χ2v) is 5.22. The van der Waals surface area contributed by atoms with Crippen molar-refractivity contribution >= 4 is 11.7 Å². The maximum absolute atomic E-state index is 11.9. The van der Waals surface area contributed by atoms with Crippen molar-refractivity contribution in [2.45, 2.75) is 51.6 Å². The lowest BCUT2D eigenvalue weighted by Crippen LogP contribution is -2.21. The van der Waals surface area contributed by atoms with Gasteiger partial charge in [-0.2, -0.15) is 0 Å². The highest BCUT2D eigenvalue weighted by Crippen LogP contribution is 2.09. The van der Waals surface area contributed by atoms with Gasteiger partial charge in [0, 0.05) is 31.7 Å². The van der Waals surface area contributed by atoms with Crippen LogP contribution in [0.15, 0.2) is 18.5 Å². The molecule has 1 rings (SSSR count). The van der Waals surface area contributed by atoms with Gasteiger partial charge in [0.1, 0.15) is 5.78 Å². The Morgan fingerprint density at radius 1 is 1.14 bits per heavy atom. The van der Waals surface area contributed by atoms with Crippen molar-refractivity contribution in [3.05, 3.63) is 29.6 Å². The minimum atomic E-state index is -0.116. The van der Waals surface area contributed by atoms with Gasteiger partial charge in [0.05, 0.1) is 13.7 Å². The van der Waals surface area contributed by atoms with E-state index >= 15 is 0 Å². The van der Waals surface area contributed by atoms with Crippen molar-refractivity contribution in [2.24, 2.45) is 0 Å². The number of amides is 1. The number of nitrogens with one attached hydrogen (secondary N) is 1. The molecule has 0 aromatic carbocycles. The summed E-state index contributed by atoms with van der Waals surface area (Å²) >= 11 is 0. The Morgan fingerprint density at radius 3 is 2.50 bits per heavy atom. The number of pyridine rings is 1. The fraction of sp³-hybridized carbons (Fsp3) is 0.562. The van der Waals surface area contributed by atoms with Gasteiger partial charge >= 0.3 is 0 Å². The molecule has 0 radical (unpaired) electrons. The van der Waals surface area contributed by atoms with Crippen LogP contribution in [0.2, 0.25) is 0 Å². The Labute approximate surface area is 130 Å². The fourth-order valence-corrected chi connectivity index (χ4v) is 2.17. The highest BCUT2D eigenvalue weighted by atomic mass is 16.6. The molecular weight excluding hydrogens is 284 g/mol. The van der Waals surface area contributed by atoms with Gasteiger partial charge < -0.3 is 5.11 Å². The van der Waals surface area contributed by atoms with Crippen molar-refractivity contribution in [1.82, 2.24) is 10.5 Å². The third-order valence-electron chi connectivity index (χ3n) is 3.26. The molecule has 122 valence electrons. The van der Waals surface area contributed by atoms with Gasteiger partial charge in [0.2, 0.25) is 5.91 Å². The lowest BCUT2D eigenvalue weighted by atomic mass is 10.0. The van der Waals surface area contributed by atoms with Gasteiger partial charge in [-0.1, -0.05) is 12.8 Å². The number of rotatable bonds is 11. The van der Waals surface area contributed by atoms with Crippen LogP contribution in [0.4, 0.5) is 0 Å². The first-order valence-electron chi connectivity index (χ1n) is 7.53. The number of carbonyl (C=O) groups is 2. The lowest BCUT2D eigenvalue weighted by molar-refractivity contribution is -0.131. The summed E-state index contributed by atoms with van der Waals surface area (Å²) in [5.41, 5.74) is 3.84. The lowest BCUT2D eigenvalue weighted by Gasteiger charge is -2.04. The van der Waals surface area contributed by atoms with E-state index in [4.69, 9.17) is 5.11 Å². The second kappa shape index (κ2) is 10.9. The number of unbranched alkanes of at least 4 members (excludes halogenated alkanes) is 3. The number of hydroxylamine groups is 1. The molecule has 0 saturated carbocycles. The zero-order valence-corrected chi connectivity index (χ0v) is 13.0. The minimum Gasteiger partial charge on any atom is -0.392 e. The highest BCUT2D eigenvalue weighted by molar-refractivity contribution is 5.80. The average molecular weight is 308 g/mol. The average Bonchev–Trinajstić information content (AvgIpc) is 2.51. The summed E-state index contributed by atoms with van der Waals surface area (Å²) < 4.78 is 0. The number of carbonyl (C=O) groups excluding carboxylic acids is 2. The first-order valence-corrected chi connectivity index (χ1v) is 7.53. The molecule has 0 unspecified atom stereocenters. The number of ketones is 1. The molecule has 1 heterocycles. The maximum atomic E-state index is 11.9. The molecule has 6 heteroatoms. The molecule has 0 spiro atoms. The van der Waals surface area contributed by atoms with Crippen LogP contribution < -0.4 is 5.48 Å². The third-order valence-corrected chi connectivity index (χ3v) is 3.26. The summed E-state index contributed by atoms with van der Waals surface area (Å²) in [7, 11) is 1.41. The molecule has 0 atom stereocenters.